The van der Waals surface area contributed by atoms with Crippen LogP contribution in [0.4, 0.5) is 5.82 Å². The van der Waals surface area contributed by atoms with Crippen LogP contribution in [0.1, 0.15) is 31.0 Å². The zero-order valence-corrected chi connectivity index (χ0v) is 10.6. The SMILES string of the molecule is C=CC1CCC(n2c(C)cc3c(N)ncnc32)C1. The van der Waals surface area contributed by atoms with Crippen LogP contribution < -0.4 is 5.73 Å². The van der Waals surface area contributed by atoms with E-state index in [0.29, 0.717) is 17.8 Å². The van der Waals surface area contributed by atoms with Crippen molar-refractivity contribution < 1.29 is 0 Å². The lowest BCUT2D eigenvalue weighted by Crippen LogP contribution is -2.08. The van der Waals surface area contributed by atoms with Gasteiger partial charge >= 0.3 is 0 Å². The first-order chi connectivity index (χ1) is 8.70. The number of hydrogen-bond acceptors (Lipinski definition) is 3. The van der Waals surface area contributed by atoms with Crippen LogP contribution in [-0.4, -0.2) is 14.5 Å². The Bertz CT molecular complexity index is 599. The van der Waals surface area contributed by atoms with Crippen LogP contribution in [-0.2, 0) is 0 Å². The molecule has 2 N–H and O–H groups in total. The summed E-state index contributed by atoms with van der Waals surface area (Å²) in [5.41, 5.74) is 8.09. The summed E-state index contributed by atoms with van der Waals surface area (Å²) in [7, 11) is 0. The van der Waals surface area contributed by atoms with E-state index in [-0.39, 0.29) is 0 Å². The zero-order valence-electron chi connectivity index (χ0n) is 10.6. The zero-order chi connectivity index (χ0) is 12.7. The molecule has 0 amide bonds. The Morgan fingerprint density at radius 2 is 2.28 bits per heavy atom. The number of nitrogens with two attached hydrogens (primary N) is 1. The minimum atomic E-state index is 0.514. The minimum Gasteiger partial charge on any atom is -0.383 e. The summed E-state index contributed by atoms with van der Waals surface area (Å²) >= 11 is 0. The van der Waals surface area contributed by atoms with Gasteiger partial charge in [-0.25, -0.2) is 9.97 Å². The molecule has 2 heterocycles. The van der Waals surface area contributed by atoms with Crippen molar-refractivity contribution in [3.63, 3.8) is 0 Å². The molecule has 4 heteroatoms. The molecule has 0 spiro atoms. The maximum absolute atomic E-state index is 5.91. The second-order valence-corrected chi connectivity index (χ2v) is 5.11. The quantitative estimate of drug-likeness (QED) is 0.824. The first kappa shape index (κ1) is 11.3. The number of allylic oxidation sites excluding steroid dienone is 1. The largest absolute Gasteiger partial charge is 0.383 e. The standard InChI is InChI=1S/C14H18N4/c1-3-10-4-5-11(7-10)18-9(2)6-12-13(15)16-8-17-14(12)18/h3,6,8,10-11H,1,4-5,7H2,2H3,(H2,15,16,17). The third kappa shape index (κ3) is 1.60. The molecule has 0 bridgehead atoms. The molecule has 0 saturated heterocycles. The van der Waals surface area contributed by atoms with Gasteiger partial charge in [-0.2, -0.15) is 0 Å². The van der Waals surface area contributed by atoms with Gasteiger partial charge in [-0.1, -0.05) is 6.08 Å². The summed E-state index contributed by atoms with van der Waals surface area (Å²) < 4.78 is 2.32. The second-order valence-electron chi connectivity index (χ2n) is 5.11. The molecule has 2 unspecified atom stereocenters. The number of nitrogen functional groups attached to an aromatic ring is 1. The number of aromatic nitrogens is 3. The van der Waals surface area contributed by atoms with Crippen molar-refractivity contribution in [2.24, 2.45) is 5.92 Å². The van der Waals surface area contributed by atoms with E-state index in [1.807, 2.05) is 0 Å². The first-order valence-corrected chi connectivity index (χ1v) is 6.41. The molecule has 2 aromatic rings. The average Bonchev–Trinajstić information content (AvgIpc) is 2.93. The van der Waals surface area contributed by atoms with Crippen molar-refractivity contribution in [1.82, 2.24) is 14.5 Å². The van der Waals surface area contributed by atoms with Crippen LogP contribution in [0.25, 0.3) is 11.0 Å². The fraction of sp³-hybridized carbons (Fsp3) is 0.429. The lowest BCUT2D eigenvalue weighted by Gasteiger charge is -2.15. The molecular weight excluding hydrogens is 224 g/mol. The predicted molar refractivity (Wildman–Crippen MR) is 73.3 cm³/mol. The van der Waals surface area contributed by atoms with Crippen molar-refractivity contribution in [2.75, 3.05) is 5.73 Å². The van der Waals surface area contributed by atoms with E-state index in [9.17, 15) is 0 Å². The molecule has 1 aliphatic carbocycles. The monoisotopic (exact) mass is 242 g/mol. The predicted octanol–water partition coefficient (Wildman–Crippen LogP) is 2.85. The number of aryl methyl sites for hydroxylation is 1. The molecule has 3 rings (SSSR count). The van der Waals surface area contributed by atoms with E-state index in [4.69, 9.17) is 5.73 Å². The molecule has 4 nitrogen and oxygen atoms in total. The number of rotatable bonds is 2. The van der Waals surface area contributed by atoms with Crippen LogP contribution in [0.3, 0.4) is 0 Å². The van der Waals surface area contributed by atoms with Gasteiger partial charge in [0.15, 0.2) is 0 Å². The summed E-state index contributed by atoms with van der Waals surface area (Å²) in [6.45, 7) is 6.02. The van der Waals surface area contributed by atoms with E-state index < -0.39 is 0 Å². The van der Waals surface area contributed by atoms with Crippen LogP contribution >= 0.6 is 0 Å². The number of nitrogens with zero attached hydrogens (tertiary/aromatic N) is 3. The highest BCUT2D eigenvalue weighted by atomic mass is 15.1. The Balaban J connectivity index is 2.09. The van der Waals surface area contributed by atoms with Gasteiger partial charge in [0, 0.05) is 11.7 Å². The normalized spacial score (nSPS) is 23.6. The summed E-state index contributed by atoms with van der Waals surface area (Å²) in [6, 6.07) is 2.60. The molecule has 1 saturated carbocycles. The van der Waals surface area contributed by atoms with Crippen molar-refractivity contribution in [3.05, 3.63) is 30.7 Å². The fourth-order valence-corrected chi connectivity index (χ4v) is 3.08. The number of fused-ring (bicyclic) bond motifs is 1. The van der Waals surface area contributed by atoms with E-state index in [2.05, 4.69) is 40.2 Å². The van der Waals surface area contributed by atoms with Gasteiger partial charge in [-0.05, 0) is 38.2 Å². The van der Waals surface area contributed by atoms with Crippen molar-refractivity contribution in [3.8, 4) is 0 Å². The highest BCUT2D eigenvalue weighted by Crippen LogP contribution is 2.38. The average molecular weight is 242 g/mol. The molecule has 94 valence electrons. The topological polar surface area (TPSA) is 56.7 Å². The Kier molecular flexibility index (Phi) is 2.58. The van der Waals surface area contributed by atoms with Crippen LogP contribution in [0, 0.1) is 12.8 Å². The first-order valence-electron chi connectivity index (χ1n) is 6.41. The lowest BCUT2D eigenvalue weighted by molar-refractivity contribution is 0.509. The summed E-state index contributed by atoms with van der Waals surface area (Å²) in [4.78, 5) is 8.46. The lowest BCUT2D eigenvalue weighted by atomic mass is 10.1. The maximum atomic E-state index is 5.91. The second kappa shape index (κ2) is 4.12. The molecule has 0 aromatic carbocycles. The van der Waals surface area contributed by atoms with Gasteiger partial charge in [0.2, 0.25) is 0 Å². The van der Waals surface area contributed by atoms with Gasteiger partial charge in [0.1, 0.15) is 17.8 Å². The van der Waals surface area contributed by atoms with Gasteiger partial charge < -0.3 is 10.3 Å². The molecule has 1 fully saturated rings. The third-order valence-corrected chi connectivity index (χ3v) is 4.00. The molecular formula is C14H18N4. The smallest absolute Gasteiger partial charge is 0.145 e. The Morgan fingerprint density at radius 1 is 1.44 bits per heavy atom. The van der Waals surface area contributed by atoms with Crippen LogP contribution in [0.2, 0.25) is 0 Å². The maximum Gasteiger partial charge on any atom is 0.145 e. The minimum absolute atomic E-state index is 0.514. The van der Waals surface area contributed by atoms with E-state index in [1.165, 1.54) is 18.5 Å². The fourth-order valence-electron chi connectivity index (χ4n) is 3.08. The van der Waals surface area contributed by atoms with E-state index in [0.717, 1.165) is 17.5 Å². The molecule has 0 radical (unpaired) electrons. The van der Waals surface area contributed by atoms with E-state index in [1.54, 1.807) is 6.33 Å². The third-order valence-electron chi connectivity index (χ3n) is 4.00. The molecule has 0 aliphatic heterocycles. The molecule has 18 heavy (non-hydrogen) atoms. The molecule has 2 aromatic heterocycles. The summed E-state index contributed by atoms with van der Waals surface area (Å²) in [5, 5.41) is 0.969. The summed E-state index contributed by atoms with van der Waals surface area (Å²) in [6.07, 6.45) is 7.18. The van der Waals surface area contributed by atoms with Gasteiger partial charge in [-0.3, -0.25) is 0 Å². The van der Waals surface area contributed by atoms with Crippen molar-refractivity contribution in [1.29, 1.82) is 0 Å². The van der Waals surface area contributed by atoms with Gasteiger partial charge in [0.25, 0.3) is 0 Å². The highest BCUT2D eigenvalue weighted by molar-refractivity contribution is 5.87. The van der Waals surface area contributed by atoms with Crippen LogP contribution in [0.15, 0.2) is 25.0 Å². The van der Waals surface area contributed by atoms with Gasteiger partial charge in [0.05, 0.1) is 5.39 Å². The summed E-state index contributed by atoms with van der Waals surface area (Å²) in [5.74, 6) is 1.20. The van der Waals surface area contributed by atoms with Crippen molar-refractivity contribution in [2.45, 2.75) is 32.2 Å². The van der Waals surface area contributed by atoms with Crippen molar-refractivity contribution >= 4 is 16.9 Å². The molecule has 1 aliphatic rings. The number of anilines is 1. The van der Waals surface area contributed by atoms with Crippen LogP contribution in [0.5, 0.6) is 0 Å². The van der Waals surface area contributed by atoms with E-state index >= 15 is 0 Å². The van der Waals surface area contributed by atoms with Gasteiger partial charge in [-0.15, -0.1) is 6.58 Å². The Labute approximate surface area is 107 Å². The highest BCUT2D eigenvalue weighted by Gasteiger charge is 2.26. The Morgan fingerprint density at radius 3 is 3.00 bits per heavy atom. The molecule has 2 atom stereocenters. The Hall–Kier alpha value is -1.84. The number of hydrogen-bond donors (Lipinski definition) is 1.